The Labute approximate surface area is 166 Å². The van der Waals surface area contributed by atoms with Crippen molar-refractivity contribution in [3.05, 3.63) is 59.3 Å². The second kappa shape index (κ2) is 6.37. The van der Waals surface area contributed by atoms with Gasteiger partial charge < -0.3 is 20.1 Å². The molecule has 0 saturated heterocycles. The van der Waals surface area contributed by atoms with Crippen LogP contribution in [0.4, 0.5) is 5.82 Å². The molecule has 0 fully saturated rings. The van der Waals surface area contributed by atoms with Gasteiger partial charge in [-0.3, -0.25) is 4.79 Å². The number of carbonyl (C=O) groups excluding carboxylic acids is 1. The first kappa shape index (κ1) is 17.3. The minimum atomic E-state index is -0.228. The summed E-state index contributed by atoms with van der Waals surface area (Å²) in [4.78, 5) is 20.4. The number of aryl methyl sites for hydroxylation is 1. The molecule has 4 aromatic rings. The normalized spacial score (nSPS) is 15.9. The summed E-state index contributed by atoms with van der Waals surface area (Å²) in [5, 5.41) is 17.8. The number of rotatable bonds is 3. The maximum absolute atomic E-state index is 12.5. The minimum absolute atomic E-state index is 0.0415. The summed E-state index contributed by atoms with van der Waals surface area (Å²) >= 11 is 0. The number of benzene rings is 2. The van der Waals surface area contributed by atoms with E-state index in [1.807, 2.05) is 37.3 Å². The molecule has 1 aliphatic heterocycles. The third kappa shape index (κ3) is 2.72. The largest absolute Gasteiger partial charge is 0.504 e. The van der Waals surface area contributed by atoms with E-state index in [0.717, 1.165) is 27.9 Å². The van der Waals surface area contributed by atoms with E-state index >= 15 is 0 Å². The van der Waals surface area contributed by atoms with Crippen molar-refractivity contribution in [3.63, 3.8) is 0 Å². The molecule has 0 aliphatic carbocycles. The summed E-state index contributed by atoms with van der Waals surface area (Å²) in [6, 6.07) is 12.9. The molecule has 1 aliphatic rings. The first-order chi connectivity index (χ1) is 14.0. The van der Waals surface area contributed by atoms with Crippen molar-refractivity contribution in [2.75, 3.05) is 12.4 Å². The number of amides is 1. The average molecular weight is 389 g/mol. The average Bonchev–Trinajstić information content (AvgIpc) is 3.28. The van der Waals surface area contributed by atoms with Gasteiger partial charge in [0.15, 0.2) is 11.5 Å². The summed E-state index contributed by atoms with van der Waals surface area (Å²) < 4.78 is 6.77. The van der Waals surface area contributed by atoms with Gasteiger partial charge in [-0.25, -0.2) is 4.98 Å². The zero-order valence-corrected chi connectivity index (χ0v) is 15.9. The van der Waals surface area contributed by atoms with Crippen molar-refractivity contribution in [2.24, 2.45) is 0 Å². The van der Waals surface area contributed by atoms with Crippen LogP contribution >= 0.6 is 0 Å². The van der Waals surface area contributed by atoms with E-state index in [9.17, 15) is 9.90 Å². The van der Waals surface area contributed by atoms with E-state index < -0.39 is 0 Å². The quantitative estimate of drug-likeness (QED) is 0.499. The highest BCUT2D eigenvalue weighted by Gasteiger charge is 2.33. The van der Waals surface area contributed by atoms with E-state index in [0.29, 0.717) is 17.5 Å². The molecule has 2 aromatic heterocycles. The Bertz CT molecular complexity index is 1220. The molecule has 1 atom stereocenters. The van der Waals surface area contributed by atoms with E-state index in [1.165, 1.54) is 7.11 Å². The molecule has 2 aromatic carbocycles. The number of phenols is 1. The summed E-state index contributed by atoms with van der Waals surface area (Å²) in [6.07, 6.45) is 0.269. The lowest BCUT2D eigenvalue weighted by molar-refractivity contribution is -0.116. The number of H-pyrrole nitrogens is 1. The highest BCUT2D eigenvalue weighted by atomic mass is 16.5. The van der Waals surface area contributed by atoms with Gasteiger partial charge in [0.25, 0.3) is 0 Å². The summed E-state index contributed by atoms with van der Waals surface area (Å²) in [7, 11) is 1.50. The fraction of sp³-hybridized carbons (Fsp3) is 0.190. The lowest BCUT2D eigenvalue weighted by atomic mass is 9.85. The number of aromatic hydroxyl groups is 1. The van der Waals surface area contributed by atoms with Gasteiger partial charge in [-0.05, 0) is 36.8 Å². The molecule has 1 amide bonds. The summed E-state index contributed by atoms with van der Waals surface area (Å²) in [5.74, 6) is 1.22. The predicted molar refractivity (Wildman–Crippen MR) is 108 cm³/mol. The highest BCUT2D eigenvalue weighted by molar-refractivity contribution is 5.95. The first-order valence-corrected chi connectivity index (χ1v) is 9.26. The molecule has 0 unspecified atom stereocenters. The van der Waals surface area contributed by atoms with Crippen LogP contribution in [0.1, 0.15) is 29.2 Å². The van der Waals surface area contributed by atoms with Crippen LogP contribution in [0.2, 0.25) is 0 Å². The Kier molecular flexibility index (Phi) is 3.80. The number of carbonyl (C=O) groups is 1. The number of aromatic amines is 1. The topological polar surface area (TPSA) is 105 Å². The van der Waals surface area contributed by atoms with Crippen molar-refractivity contribution in [3.8, 4) is 17.4 Å². The number of hydrogen-bond acceptors (Lipinski definition) is 5. The van der Waals surface area contributed by atoms with Crippen LogP contribution in [-0.4, -0.2) is 37.9 Å². The van der Waals surface area contributed by atoms with Crippen molar-refractivity contribution >= 4 is 22.8 Å². The van der Waals surface area contributed by atoms with Gasteiger partial charge >= 0.3 is 0 Å². The molecule has 29 heavy (non-hydrogen) atoms. The monoisotopic (exact) mass is 389 g/mol. The van der Waals surface area contributed by atoms with Crippen LogP contribution in [0.5, 0.6) is 11.5 Å². The molecule has 3 heterocycles. The van der Waals surface area contributed by atoms with E-state index in [1.54, 1.807) is 16.8 Å². The molecular formula is C21H19N5O3. The first-order valence-electron chi connectivity index (χ1n) is 9.26. The molecule has 0 spiro atoms. The standard InChI is InChI=1S/C21H19N5O3/c1-11-19-13(12-7-8-17(29-2)16(27)9-12)10-18(28)24-20(19)26(25-11)21-22-14-5-3-4-6-15(14)23-21/h3-9,13,27H,10H2,1-2H3,(H,22,23)(H,24,28)/t13-/m1/s1. The van der Waals surface area contributed by atoms with Crippen LogP contribution in [0.25, 0.3) is 17.0 Å². The van der Waals surface area contributed by atoms with Crippen molar-refractivity contribution in [2.45, 2.75) is 19.3 Å². The molecule has 146 valence electrons. The fourth-order valence-electron chi connectivity index (χ4n) is 3.95. The summed E-state index contributed by atoms with van der Waals surface area (Å²) in [6.45, 7) is 1.91. The van der Waals surface area contributed by atoms with Crippen molar-refractivity contribution in [1.82, 2.24) is 19.7 Å². The zero-order valence-electron chi connectivity index (χ0n) is 15.9. The maximum Gasteiger partial charge on any atom is 0.231 e. The highest BCUT2D eigenvalue weighted by Crippen LogP contribution is 2.42. The molecule has 0 radical (unpaired) electrons. The zero-order chi connectivity index (χ0) is 20.1. The van der Waals surface area contributed by atoms with Crippen LogP contribution in [0.15, 0.2) is 42.5 Å². The van der Waals surface area contributed by atoms with Gasteiger partial charge in [0.2, 0.25) is 11.9 Å². The molecule has 0 bridgehead atoms. The number of ether oxygens (including phenoxy) is 1. The Morgan fingerprint density at radius 3 is 2.83 bits per heavy atom. The number of methoxy groups -OCH3 is 1. The van der Waals surface area contributed by atoms with Gasteiger partial charge in [0, 0.05) is 17.9 Å². The number of phenolic OH excluding ortho intramolecular Hbond substituents is 1. The Hall–Kier alpha value is -3.81. The number of nitrogens with one attached hydrogen (secondary N) is 2. The molecular weight excluding hydrogens is 370 g/mol. The number of fused-ring (bicyclic) bond motifs is 2. The number of para-hydroxylation sites is 2. The lowest BCUT2D eigenvalue weighted by Gasteiger charge is -2.24. The maximum atomic E-state index is 12.5. The molecule has 0 saturated carbocycles. The van der Waals surface area contributed by atoms with Gasteiger partial charge in [-0.2, -0.15) is 9.78 Å². The molecule has 8 nitrogen and oxygen atoms in total. The Morgan fingerprint density at radius 2 is 2.07 bits per heavy atom. The Morgan fingerprint density at radius 1 is 1.24 bits per heavy atom. The second-order valence-electron chi connectivity index (χ2n) is 7.07. The number of nitrogens with zero attached hydrogens (tertiary/aromatic N) is 3. The van der Waals surface area contributed by atoms with Crippen LogP contribution in [-0.2, 0) is 4.79 Å². The van der Waals surface area contributed by atoms with Gasteiger partial charge in [-0.1, -0.05) is 18.2 Å². The lowest BCUT2D eigenvalue weighted by Crippen LogP contribution is -2.25. The van der Waals surface area contributed by atoms with Crippen molar-refractivity contribution in [1.29, 1.82) is 0 Å². The molecule has 8 heteroatoms. The van der Waals surface area contributed by atoms with E-state index in [4.69, 9.17) is 4.74 Å². The van der Waals surface area contributed by atoms with Gasteiger partial charge in [0.05, 0.1) is 23.8 Å². The number of aromatic nitrogens is 4. The van der Waals surface area contributed by atoms with E-state index in [2.05, 4.69) is 20.4 Å². The van der Waals surface area contributed by atoms with Crippen LogP contribution in [0, 0.1) is 6.92 Å². The summed E-state index contributed by atoms with van der Waals surface area (Å²) in [5.41, 5.74) is 4.24. The number of anilines is 1. The predicted octanol–water partition coefficient (Wildman–Crippen LogP) is 3.25. The van der Waals surface area contributed by atoms with Crippen molar-refractivity contribution < 1.29 is 14.6 Å². The number of hydrogen-bond donors (Lipinski definition) is 3. The fourth-order valence-corrected chi connectivity index (χ4v) is 3.95. The van der Waals surface area contributed by atoms with Gasteiger partial charge in [-0.15, -0.1) is 0 Å². The third-order valence-corrected chi connectivity index (χ3v) is 5.29. The van der Waals surface area contributed by atoms with Crippen LogP contribution in [0.3, 0.4) is 0 Å². The Balaban J connectivity index is 1.65. The smallest absolute Gasteiger partial charge is 0.231 e. The molecule has 3 N–H and O–H groups in total. The van der Waals surface area contributed by atoms with Gasteiger partial charge in [0.1, 0.15) is 5.82 Å². The molecule has 5 rings (SSSR count). The van der Waals surface area contributed by atoms with Crippen LogP contribution < -0.4 is 10.1 Å². The number of imidazole rings is 1. The third-order valence-electron chi connectivity index (χ3n) is 5.29. The second-order valence-corrected chi connectivity index (χ2v) is 7.07. The van der Waals surface area contributed by atoms with E-state index in [-0.39, 0.29) is 24.0 Å². The SMILES string of the molecule is COc1ccc([C@H]2CC(=O)Nc3c2c(C)nn3-c2nc3ccccc3[nH]2)cc1O. The minimum Gasteiger partial charge on any atom is -0.504 e.